The molecule has 1 saturated carbocycles. The normalized spacial score (nSPS) is 25.6. The molecule has 0 amide bonds. The molecular weight excluding hydrogens is 248 g/mol. The zero-order chi connectivity index (χ0) is 13.6. The summed E-state index contributed by atoms with van der Waals surface area (Å²) in [6.45, 7) is 5.89. The van der Waals surface area contributed by atoms with Crippen LogP contribution in [0.4, 0.5) is 0 Å². The maximum absolute atomic E-state index is 12.2. The molecule has 1 aliphatic carbocycles. The Morgan fingerprint density at radius 1 is 1.28 bits per heavy atom. The highest BCUT2D eigenvalue weighted by Gasteiger charge is 2.31. The monoisotopic (exact) mass is 276 g/mol. The third-order valence-corrected chi connectivity index (χ3v) is 5.93. The van der Waals surface area contributed by atoms with Gasteiger partial charge in [0.25, 0.3) is 0 Å². The second-order valence-corrected chi connectivity index (χ2v) is 7.52. The molecule has 0 saturated heterocycles. The average Bonchev–Trinajstić information content (AvgIpc) is 2.34. The molecule has 1 N–H and O–H groups in total. The van der Waals surface area contributed by atoms with Crippen molar-refractivity contribution >= 4 is 10.0 Å². The van der Waals surface area contributed by atoms with Crippen LogP contribution in [-0.4, -0.2) is 44.7 Å². The van der Waals surface area contributed by atoms with Crippen LogP contribution in [0.3, 0.4) is 0 Å². The van der Waals surface area contributed by atoms with Crippen molar-refractivity contribution < 1.29 is 8.42 Å². The van der Waals surface area contributed by atoms with Gasteiger partial charge in [-0.25, -0.2) is 12.7 Å². The fourth-order valence-electron chi connectivity index (χ4n) is 2.74. The lowest BCUT2D eigenvalue weighted by molar-refractivity contribution is 0.213. The molecule has 0 aromatic rings. The second-order valence-electron chi connectivity index (χ2n) is 5.37. The van der Waals surface area contributed by atoms with E-state index in [2.05, 4.69) is 12.2 Å². The average molecular weight is 276 g/mol. The summed E-state index contributed by atoms with van der Waals surface area (Å²) in [6, 6.07) is 0.211. The number of hydrogen-bond acceptors (Lipinski definition) is 3. The van der Waals surface area contributed by atoms with E-state index in [-0.39, 0.29) is 11.8 Å². The summed E-state index contributed by atoms with van der Waals surface area (Å²) >= 11 is 0. The molecule has 0 bridgehead atoms. The van der Waals surface area contributed by atoms with Gasteiger partial charge in [-0.05, 0) is 38.3 Å². The van der Waals surface area contributed by atoms with Crippen molar-refractivity contribution in [1.82, 2.24) is 9.62 Å². The Morgan fingerprint density at radius 3 is 2.56 bits per heavy atom. The van der Waals surface area contributed by atoms with E-state index in [0.29, 0.717) is 12.3 Å². The maximum Gasteiger partial charge on any atom is 0.214 e. The fourth-order valence-corrected chi connectivity index (χ4v) is 4.27. The Hall–Kier alpha value is -0.130. The van der Waals surface area contributed by atoms with Gasteiger partial charge in [0.2, 0.25) is 10.0 Å². The van der Waals surface area contributed by atoms with Crippen molar-refractivity contribution in [1.29, 1.82) is 0 Å². The predicted octanol–water partition coefficient (Wildman–Crippen LogP) is 1.83. The Morgan fingerprint density at radius 2 is 1.94 bits per heavy atom. The van der Waals surface area contributed by atoms with E-state index in [1.165, 1.54) is 6.42 Å². The van der Waals surface area contributed by atoms with Gasteiger partial charge in [0.1, 0.15) is 0 Å². The fraction of sp³-hybridized carbons (Fsp3) is 1.00. The van der Waals surface area contributed by atoms with Crippen LogP contribution in [0.15, 0.2) is 0 Å². The van der Waals surface area contributed by atoms with Gasteiger partial charge in [-0.2, -0.15) is 0 Å². The molecular formula is C13H28N2O2S. The molecule has 0 aliphatic heterocycles. The lowest BCUT2D eigenvalue weighted by atomic mass is 9.86. The molecule has 1 fully saturated rings. The van der Waals surface area contributed by atoms with Crippen LogP contribution in [0.1, 0.15) is 46.0 Å². The van der Waals surface area contributed by atoms with Gasteiger partial charge < -0.3 is 5.32 Å². The Labute approximate surface area is 112 Å². The van der Waals surface area contributed by atoms with Gasteiger partial charge in [0.15, 0.2) is 0 Å². The van der Waals surface area contributed by atoms with Crippen LogP contribution >= 0.6 is 0 Å². The molecule has 0 spiro atoms. The maximum atomic E-state index is 12.2. The third-order valence-electron chi connectivity index (χ3n) is 3.98. The van der Waals surface area contributed by atoms with E-state index in [1.54, 1.807) is 11.4 Å². The topological polar surface area (TPSA) is 49.4 Å². The molecule has 108 valence electrons. The van der Waals surface area contributed by atoms with Gasteiger partial charge in [-0.3, -0.25) is 0 Å². The van der Waals surface area contributed by atoms with Gasteiger partial charge in [-0.15, -0.1) is 0 Å². The molecule has 0 heterocycles. The summed E-state index contributed by atoms with van der Waals surface area (Å²) in [4.78, 5) is 0. The van der Waals surface area contributed by atoms with Gasteiger partial charge in [-0.1, -0.05) is 26.7 Å². The molecule has 2 unspecified atom stereocenters. The lowest BCUT2D eigenvalue weighted by Gasteiger charge is -2.35. The van der Waals surface area contributed by atoms with Crippen LogP contribution in [-0.2, 0) is 10.0 Å². The minimum atomic E-state index is -3.08. The number of nitrogens with one attached hydrogen (secondary N) is 1. The van der Waals surface area contributed by atoms with Crippen molar-refractivity contribution in [3.8, 4) is 0 Å². The summed E-state index contributed by atoms with van der Waals surface area (Å²) in [5, 5.41) is 3.17. The van der Waals surface area contributed by atoms with Crippen molar-refractivity contribution in [3.05, 3.63) is 0 Å². The third kappa shape index (κ3) is 4.52. The number of sulfonamides is 1. The molecule has 18 heavy (non-hydrogen) atoms. The minimum absolute atomic E-state index is 0.211. The van der Waals surface area contributed by atoms with Gasteiger partial charge in [0, 0.05) is 13.1 Å². The molecule has 4 nitrogen and oxygen atoms in total. The van der Waals surface area contributed by atoms with Crippen molar-refractivity contribution in [2.45, 2.75) is 52.0 Å². The Bertz CT molecular complexity index is 330. The van der Waals surface area contributed by atoms with Crippen molar-refractivity contribution in [2.75, 3.05) is 25.9 Å². The van der Waals surface area contributed by atoms with Crippen LogP contribution in [0.2, 0.25) is 0 Å². The highest BCUT2D eigenvalue weighted by atomic mass is 32.2. The molecule has 2 atom stereocenters. The van der Waals surface area contributed by atoms with E-state index in [4.69, 9.17) is 0 Å². The Kier molecular flexibility index (Phi) is 6.60. The summed E-state index contributed by atoms with van der Waals surface area (Å²) in [5.41, 5.74) is 0. The number of hydrogen-bond donors (Lipinski definition) is 1. The smallest absolute Gasteiger partial charge is 0.214 e. The minimum Gasteiger partial charge on any atom is -0.317 e. The Balaban J connectivity index is 2.49. The number of nitrogens with zero attached hydrogens (tertiary/aromatic N) is 1. The standard InChI is InChI=1S/C13H28N2O2S/c1-4-14-10-7-11-18(16,17)15(3)13-9-6-5-8-12(13)2/h12-14H,4-11H2,1-3H3. The first-order valence-electron chi connectivity index (χ1n) is 7.15. The first kappa shape index (κ1) is 15.9. The highest BCUT2D eigenvalue weighted by molar-refractivity contribution is 7.89. The molecule has 0 aromatic carbocycles. The second kappa shape index (κ2) is 7.46. The van der Waals surface area contributed by atoms with Gasteiger partial charge in [0.05, 0.1) is 5.75 Å². The van der Waals surface area contributed by atoms with E-state index >= 15 is 0 Å². The van der Waals surface area contributed by atoms with Crippen LogP contribution in [0, 0.1) is 5.92 Å². The predicted molar refractivity (Wildman–Crippen MR) is 76.1 cm³/mol. The number of rotatable bonds is 7. The van der Waals surface area contributed by atoms with Crippen LogP contribution in [0.5, 0.6) is 0 Å². The van der Waals surface area contributed by atoms with E-state index in [9.17, 15) is 8.42 Å². The quantitative estimate of drug-likeness (QED) is 0.722. The van der Waals surface area contributed by atoms with E-state index in [0.717, 1.165) is 32.4 Å². The van der Waals surface area contributed by atoms with Crippen molar-refractivity contribution in [3.63, 3.8) is 0 Å². The molecule has 0 radical (unpaired) electrons. The van der Waals surface area contributed by atoms with E-state index in [1.807, 2.05) is 6.92 Å². The summed E-state index contributed by atoms with van der Waals surface area (Å²) < 4.78 is 26.1. The summed E-state index contributed by atoms with van der Waals surface area (Å²) in [6.07, 6.45) is 5.27. The summed E-state index contributed by atoms with van der Waals surface area (Å²) in [7, 11) is -1.32. The molecule has 5 heteroatoms. The molecule has 1 aliphatic rings. The molecule has 0 aromatic heterocycles. The van der Waals surface area contributed by atoms with Crippen molar-refractivity contribution in [2.24, 2.45) is 5.92 Å². The first-order valence-corrected chi connectivity index (χ1v) is 8.76. The van der Waals surface area contributed by atoms with E-state index < -0.39 is 10.0 Å². The van der Waals surface area contributed by atoms with Gasteiger partial charge >= 0.3 is 0 Å². The molecule has 1 rings (SSSR count). The highest BCUT2D eigenvalue weighted by Crippen LogP contribution is 2.28. The lowest BCUT2D eigenvalue weighted by Crippen LogP contribution is -2.43. The van der Waals surface area contributed by atoms with Crippen LogP contribution in [0.25, 0.3) is 0 Å². The summed E-state index contributed by atoms with van der Waals surface area (Å²) in [5.74, 6) is 0.756. The zero-order valence-corrected chi connectivity index (χ0v) is 12.8. The largest absolute Gasteiger partial charge is 0.317 e. The zero-order valence-electron chi connectivity index (χ0n) is 12.0. The van der Waals surface area contributed by atoms with Crippen LogP contribution < -0.4 is 5.32 Å². The SMILES string of the molecule is CCNCCCS(=O)(=O)N(C)C1CCCCC1C. The first-order chi connectivity index (χ1) is 8.49.